The Morgan fingerprint density at radius 3 is 2.72 bits per heavy atom. The summed E-state index contributed by atoms with van der Waals surface area (Å²) in [5.74, 6) is 0.735. The van der Waals surface area contributed by atoms with E-state index in [1.807, 2.05) is 56.3 Å². The summed E-state index contributed by atoms with van der Waals surface area (Å²) in [6, 6.07) is 13.3. The van der Waals surface area contributed by atoms with Crippen LogP contribution >= 0.6 is 34.7 Å². The van der Waals surface area contributed by atoms with Gasteiger partial charge < -0.3 is 15.4 Å². The fraction of sp³-hybridized carbons (Fsp3) is 0.250. The predicted octanol–water partition coefficient (Wildman–Crippen LogP) is 5.05. The smallest absolute Gasteiger partial charge is 0.233 e. The van der Waals surface area contributed by atoms with Crippen molar-refractivity contribution in [1.82, 2.24) is 15.5 Å². The van der Waals surface area contributed by atoms with Crippen LogP contribution in [0.15, 0.2) is 46.8 Å². The predicted molar refractivity (Wildman–Crippen MR) is 120 cm³/mol. The van der Waals surface area contributed by atoms with Crippen LogP contribution in [0, 0.1) is 6.92 Å². The third-order valence-electron chi connectivity index (χ3n) is 4.19. The Balaban J connectivity index is 1.52. The second-order valence-electron chi connectivity index (χ2n) is 6.24. The van der Waals surface area contributed by atoms with E-state index in [1.165, 1.54) is 23.1 Å². The van der Waals surface area contributed by atoms with Crippen molar-refractivity contribution in [3.8, 4) is 5.75 Å². The van der Waals surface area contributed by atoms with Crippen LogP contribution in [0.4, 0.5) is 10.8 Å². The van der Waals surface area contributed by atoms with Crippen LogP contribution in [0.25, 0.3) is 0 Å². The Morgan fingerprint density at radius 1 is 1.24 bits per heavy atom. The van der Waals surface area contributed by atoms with Crippen LogP contribution in [0.3, 0.4) is 0 Å². The number of ether oxygens (including phenoxy) is 1. The van der Waals surface area contributed by atoms with Gasteiger partial charge in [-0.25, -0.2) is 0 Å². The summed E-state index contributed by atoms with van der Waals surface area (Å²) in [5.41, 5.74) is 2.84. The van der Waals surface area contributed by atoms with Crippen LogP contribution in [0.2, 0.25) is 5.02 Å². The van der Waals surface area contributed by atoms with Crippen molar-refractivity contribution in [2.24, 2.45) is 0 Å². The minimum Gasteiger partial charge on any atom is -0.497 e. The number of methoxy groups -OCH3 is 1. The molecule has 0 spiro atoms. The maximum absolute atomic E-state index is 12.4. The minimum absolute atomic E-state index is 0.0544. The van der Waals surface area contributed by atoms with Gasteiger partial charge in [-0.1, -0.05) is 52.9 Å². The van der Waals surface area contributed by atoms with E-state index in [-0.39, 0.29) is 11.2 Å². The number of benzene rings is 2. The highest BCUT2D eigenvalue weighted by Gasteiger charge is 2.17. The van der Waals surface area contributed by atoms with E-state index in [2.05, 4.69) is 20.8 Å². The van der Waals surface area contributed by atoms with Gasteiger partial charge in [0.1, 0.15) is 5.75 Å². The molecular weight excluding hydrogens is 428 g/mol. The summed E-state index contributed by atoms with van der Waals surface area (Å²) in [5, 5.41) is 15.5. The highest BCUT2D eigenvalue weighted by Crippen LogP contribution is 2.32. The molecule has 152 valence electrons. The topological polar surface area (TPSA) is 76.1 Å². The molecule has 9 heteroatoms. The van der Waals surface area contributed by atoms with Gasteiger partial charge in [0.05, 0.1) is 12.4 Å². The highest BCUT2D eigenvalue weighted by atomic mass is 35.5. The van der Waals surface area contributed by atoms with Crippen LogP contribution in [0.5, 0.6) is 5.75 Å². The summed E-state index contributed by atoms with van der Waals surface area (Å²) >= 11 is 8.93. The molecule has 0 fully saturated rings. The monoisotopic (exact) mass is 448 g/mol. The van der Waals surface area contributed by atoms with Crippen molar-refractivity contribution >= 4 is 51.4 Å². The van der Waals surface area contributed by atoms with Crippen molar-refractivity contribution < 1.29 is 9.53 Å². The molecule has 29 heavy (non-hydrogen) atoms. The van der Waals surface area contributed by atoms with Gasteiger partial charge in [-0.15, -0.1) is 10.2 Å². The molecule has 0 aliphatic heterocycles. The summed E-state index contributed by atoms with van der Waals surface area (Å²) in [7, 11) is 1.63. The number of carbonyl (C=O) groups excluding carboxylic acids is 1. The molecule has 2 N–H and O–H groups in total. The molecule has 0 aliphatic carbocycles. The lowest BCUT2D eigenvalue weighted by molar-refractivity contribution is -0.120. The molecule has 1 heterocycles. The van der Waals surface area contributed by atoms with Gasteiger partial charge in [-0.3, -0.25) is 4.79 Å². The van der Waals surface area contributed by atoms with Crippen LogP contribution < -0.4 is 15.4 Å². The molecule has 3 aromatic rings. The standard InChI is InChI=1S/C20H21ClN4O2S2/c1-12-16(21)5-4-6-17(12)23-19-24-25-20(29-19)28-13(2)18(26)22-11-14-7-9-15(27-3)10-8-14/h4-10,13H,11H2,1-3H3,(H,22,26)(H,23,24). The second-order valence-corrected chi connectivity index (χ2v) is 9.21. The Hall–Kier alpha value is -2.29. The lowest BCUT2D eigenvalue weighted by Crippen LogP contribution is -2.30. The number of halogens is 1. The zero-order valence-corrected chi connectivity index (χ0v) is 18.6. The molecule has 2 aromatic carbocycles. The van der Waals surface area contributed by atoms with Crippen molar-refractivity contribution in [2.75, 3.05) is 12.4 Å². The molecule has 0 saturated heterocycles. The van der Waals surface area contributed by atoms with Crippen molar-refractivity contribution in [3.05, 3.63) is 58.6 Å². The van der Waals surface area contributed by atoms with E-state index in [0.29, 0.717) is 16.7 Å². The zero-order chi connectivity index (χ0) is 20.8. The normalized spacial score (nSPS) is 11.7. The fourth-order valence-electron chi connectivity index (χ4n) is 2.45. The first kappa shape index (κ1) is 21.4. The molecule has 6 nitrogen and oxygen atoms in total. The molecule has 1 atom stereocenters. The first-order valence-electron chi connectivity index (χ1n) is 8.89. The van der Waals surface area contributed by atoms with Gasteiger partial charge in [-0.2, -0.15) is 0 Å². The quantitative estimate of drug-likeness (QED) is 0.469. The Kier molecular flexibility index (Phi) is 7.35. The SMILES string of the molecule is COc1ccc(CNC(=O)C(C)Sc2nnc(Nc3cccc(Cl)c3C)s2)cc1. The number of hydrogen-bond donors (Lipinski definition) is 2. The Bertz CT molecular complexity index is 979. The summed E-state index contributed by atoms with van der Waals surface area (Å²) in [6.07, 6.45) is 0. The molecule has 0 saturated carbocycles. The van der Waals surface area contributed by atoms with E-state index < -0.39 is 0 Å². The number of nitrogens with one attached hydrogen (secondary N) is 2. The van der Waals surface area contributed by atoms with Crippen LogP contribution in [-0.2, 0) is 11.3 Å². The minimum atomic E-state index is -0.290. The largest absolute Gasteiger partial charge is 0.497 e. The van der Waals surface area contributed by atoms with Gasteiger partial charge in [0, 0.05) is 17.3 Å². The molecular formula is C20H21ClN4O2S2. The third-order valence-corrected chi connectivity index (χ3v) is 6.62. The van der Waals surface area contributed by atoms with Crippen molar-refractivity contribution in [3.63, 3.8) is 0 Å². The zero-order valence-electron chi connectivity index (χ0n) is 16.2. The number of thioether (sulfide) groups is 1. The van der Waals surface area contributed by atoms with E-state index in [1.54, 1.807) is 7.11 Å². The fourth-order valence-corrected chi connectivity index (χ4v) is 4.55. The third kappa shape index (κ3) is 5.85. The van der Waals surface area contributed by atoms with E-state index in [0.717, 1.165) is 26.9 Å². The number of hydrogen-bond acceptors (Lipinski definition) is 7. The molecule has 1 amide bonds. The van der Waals surface area contributed by atoms with E-state index in [4.69, 9.17) is 16.3 Å². The summed E-state index contributed by atoms with van der Waals surface area (Å²) < 4.78 is 5.86. The maximum atomic E-state index is 12.4. The van der Waals surface area contributed by atoms with Crippen LogP contribution in [0.1, 0.15) is 18.1 Å². The first-order valence-corrected chi connectivity index (χ1v) is 11.0. The average molecular weight is 449 g/mol. The highest BCUT2D eigenvalue weighted by molar-refractivity contribution is 8.02. The summed E-state index contributed by atoms with van der Waals surface area (Å²) in [4.78, 5) is 12.4. The Labute approximate surface area is 183 Å². The van der Waals surface area contributed by atoms with E-state index in [9.17, 15) is 4.79 Å². The van der Waals surface area contributed by atoms with Gasteiger partial charge >= 0.3 is 0 Å². The number of nitrogens with zero attached hydrogens (tertiary/aromatic N) is 2. The number of aromatic nitrogens is 2. The number of carbonyl (C=O) groups is 1. The number of anilines is 2. The van der Waals surface area contributed by atoms with Crippen molar-refractivity contribution in [2.45, 2.75) is 30.0 Å². The van der Waals surface area contributed by atoms with E-state index >= 15 is 0 Å². The van der Waals surface area contributed by atoms with Gasteiger partial charge in [0.25, 0.3) is 0 Å². The van der Waals surface area contributed by atoms with Gasteiger partial charge in [0.15, 0.2) is 4.34 Å². The number of amides is 1. The molecule has 0 radical (unpaired) electrons. The molecule has 1 aromatic heterocycles. The first-order chi connectivity index (χ1) is 14.0. The van der Waals surface area contributed by atoms with Crippen LogP contribution in [-0.4, -0.2) is 28.5 Å². The number of rotatable bonds is 8. The lowest BCUT2D eigenvalue weighted by atomic mass is 10.2. The molecule has 3 rings (SSSR count). The Morgan fingerprint density at radius 2 is 2.00 bits per heavy atom. The van der Waals surface area contributed by atoms with Gasteiger partial charge in [-0.05, 0) is 49.2 Å². The maximum Gasteiger partial charge on any atom is 0.233 e. The lowest BCUT2D eigenvalue weighted by Gasteiger charge is -2.10. The molecule has 0 aliphatic rings. The van der Waals surface area contributed by atoms with Crippen molar-refractivity contribution in [1.29, 1.82) is 0 Å². The second kappa shape index (κ2) is 9.96. The average Bonchev–Trinajstić information content (AvgIpc) is 3.16. The summed E-state index contributed by atoms with van der Waals surface area (Å²) in [6.45, 7) is 4.25. The molecule has 1 unspecified atom stereocenters. The molecule has 0 bridgehead atoms. The van der Waals surface area contributed by atoms with Gasteiger partial charge in [0.2, 0.25) is 11.0 Å².